The second-order valence-corrected chi connectivity index (χ2v) is 4.10. The fourth-order valence-corrected chi connectivity index (χ4v) is 1.66. The molecule has 0 N–H and O–H groups in total. The molecule has 2 aromatic heterocycles. The number of hydrogen-bond acceptors (Lipinski definition) is 2. The average Bonchev–Trinajstić information content (AvgIpc) is 2.25. The van der Waals surface area contributed by atoms with Crippen LogP contribution in [-0.4, -0.2) is 10.5 Å². The maximum Gasteiger partial charge on any atom is 0.261 e. The van der Waals surface area contributed by atoms with Crippen molar-refractivity contribution in [1.29, 1.82) is 0 Å². The number of aromatic nitrogens is 1. The van der Waals surface area contributed by atoms with Gasteiger partial charge in [0.15, 0.2) is 0 Å². The number of fused-ring (bicyclic) bond motifs is 1. The largest absolute Gasteiger partial charge is 0.490 e. The first-order valence-corrected chi connectivity index (χ1v) is 5.37. The standard InChI is InChI=1S/C13H15NO2/c1-9(2)16-12-8-11-6-4-5-7-14(11)13(15)10(12)3/h4-9H,1-3H3. The topological polar surface area (TPSA) is 30.7 Å². The number of pyridine rings is 2. The Morgan fingerprint density at radius 3 is 2.75 bits per heavy atom. The highest BCUT2D eigenvalue weighted by atomic mass is 16.5. The summed E-state index contributed by atoms with van der Waals surface area (Å²) in [7, 11) is 0. The summed E-state index contributed by atoms with van der Waals surface area (Å²) in [5, 5.41) is 0. The zero-order valence-electron chi connectivity index (χ0n) is 9.73. The second-order valence-electron chi connectivity index (χ2n) is 4.10. The molecule has 0 aliphatic heterocycles. The van der Waals surface area contributed by atoms with Crippen molar-refractivity contribution >= 4 is 5.52 Å². The molecule has 0 aromatic carbocycles. The maximum absolute atomic E-state index is 12.0. The summed E-state index contributed by atoms with van der Waals surface area (Å²) in [5.41, 5.74) is 1.49. The zero-order chi connectivity index (χ0) is 11.7. The van der Waals surface area contributed by atoms with Gasteiger partial charge in [0.25, 0.3) is 5.56 Å². The molecule has 0 unspecified atom stereocenters. The molecule has 2 rings (SSSR count). The first-order chi connectivity index (χ1) is 7.59. The van der Waals surface area contributed by atoms with Gasteiger partial charge in [0.1, 0.15) is 5.75 Å². The molecular formula is C13H15NO2. The lowest BCUT2D eigenvalue weighted by atomic mass is 10.2. The maximum atomic E-state index is 12.0. The number of nitrogens with zero attached hydrogens (tertiary/aromatic N) is 1. The average molecular weight is 217 g/mol. The van der Waals surface area contributed by atoms with Crippen molar-refractivity contribution in [3.05, 3.63) is 46.4 Å². The second kappa shape index (κ2) is 4.00. The molecule has 0 amide bonds. The van der Waals surface area contributed by atoms with E-state index in [1.807, 2.05) is 38.1 Å². The highest BCUT2D eigenvalue weighted by Gasteiger charge is 2.08. The van der Waals surface area contributed by atoms with E-state index in [1.54, 1.807) is 17.5 Å². The minimum atomic E-state index is -0.0197. The van der Waals surface area contributed by atoms with E-state index in [4.69, 9.17) is 4.74 Å². The van der Waals surface area contributed by atoms with Gasteiger partial charge in [0.05, 0.1) is 17.2 Å². The Labute approximate surface area is 94.3 Å². The Hall–Kier alpha value is -1.77. The van der Waals surface area contributed by atoms with Gasteiger partial charge in [-0.3, -0.25) is 9.20 Å². The van der Waals surface area contributed by atoms with E-state index in [2.05, 4.69) is 0 Å². The highest BCUT2D eigenvalue weighted by Crippen LogP contribution is 2.18. The van der Waals surface area contributed by atoms with Gasteiger partial charge in [-0.2, -0.15) is 0 Å². The number of ether oxygens (including phenoxy) is 1. The summed E-state index contributed by atoms with van der Waals surface area (Å²) in [4.78, 5) is 12.0. The van der Waals surface area contributed by atoms with E-state index >= 15 is 0 Å². The molecule has 0 fully saturated rings. The summed E-state index contributed by atoms with van der Waals surface area (Å²) >= 11 is 0. The lowest BCUT2D eigenvalue weighted by Crippen LogP contribution is -2.18. The SMILES string of the molecule is Cc1c(OC(C)C)cc2ccccn2c1=O. The Balaban J connectivity index is 2.69. The van der Waals surface area contributed by atoms with Gasteiger partial charge in [-0.05, 0) is 32.9 Å². The van der Waals surface area contributed by atoms with Gasteiger partial charge in [-0.1, -0.05) is 6.07 Å². The Bertz CT molecular complexity index is 570. The predicted octanol–water partition coefficient (Wildman–Crippen LogP) is 2.40. The van der Waals surface area contributed by atoms with Crippen molar-refractivity contribution in [1.82, 2.24) is 4.40 Å². The molecule has 0 atom stereocenters. The molecule has 84 valence electrons. The quantitative estimate of drug-likeness (QED) is 0.773. The minimum Gasteiger partial charge on any atom is -0.490 e. The molecule has 3 nitrogen and oxygen atoms in total. The molecule has 0 spiro atoms. The van der Waals surface area contributed by atoms with Crippen LogP contribution < -0.4 is 10.3 Å². The smallest absolute Gasteiger partial charge is 0.261 e. The van der Waals surface area contributed by atoms with E-state index in [1.165, 1.54) is 0 Å². The van der Waals surface area contributed by atoms with Crippen molar-refractivity contribution in [2.24, 2.45) is 0 Å². The molecule has 0 saturated heterocycles. The summed E-state index contributed by atoms with van der Waals surface area (Å²) < 4.78 is 7.25. The van der Waals surface area contributed by atoms with Gasteiger partial charge < -0.3 is 4.74 Å². The van der Waals surface area contributed by atoms with Crippen LogP contribution in [-0.2, 0) is 0 Å². The Morgan fingerprint density at radius 1 is 1.31 bits per heavy atom. The van der Waals surface area contributed by atoms with Crippen LogP contribution >= 0.6 is 0 Å². The van der Waals surface area contributed by atoms with Crippen molar-refractivity contribution in [3.8, 4) is 5.75 Å². The van der Waals surface area contributed by atoms with E-state index < -0.39 is 0 Å². The summed E-state index contributed by atoms with van der Waals surface area (Å²) in [6, 6.07) is 7.55. The molecule has 0 radical (unpaired) electrons. The highest BCUT2D eigenvalue weighted by molar-refractivity contribution is 5.53. The van der Waals surface area contributed by atoms with E-state index in [9.17, 15) is 4.79 Å². The van der Waals surface area contributed by atoms with Crippen LogP contribution in [0.15, 0.2) is 35.3 Å². The van der Waals surface area contributed by atoms with Crippen LogP contribution in [0.3, 0.4) is 0 Å². The summed E-state index contributed by atoms with van der Waals surface area (Å²) in [6.45, 7) is 5.69. The third kappa shape index (κ3) is 1.81. The Morgan fingerprint density at radius 2 is 2.06 bits per heavy atom. The molecule has 3 heteroatoms. The molecule has 0 aliphatic rings. The van der Waals surface area contributed by atoms with Crippen LogP contribution in [0.2, 0.25) is 0 Å². The van der Waals surface area contributed by atoms with Crippen LogP contribution in [0, 0.1) is 6.92 Å². The fraction of sp³-hybridized carbons (Fsp3) is 0.308. The van der Waals surface area contributed by atoms with Crippen LogP contribution in [0.1, 0.15) is 19.4 Å². The van der Waals surface area contributed by atoms with Gasteiger partial charge in [-0.25, -0.2) is 0 Å². The number of hydrogen-bond donors (Lipinski definition) is 0. The van der Waals surface area contributed by atoms with Gasteiger partial charge in [0.2, 0.25) is 0 Å². The van der Waals surface area contributed by atoms with Crippen molar-refractivity contribution in [2.45, 2.75) is 26.9 Å². The fourth-order valence-electron chi connectivity index (χ4n) is 1.66. The molecule has 0 aliphatic carbocycles. The van der Waals surface area contributed by atoms with E-state index in [-0.39, 0.29) is 11.7 Å². The first-order valence-electron chi connectivity index (χ1n) is 5.37. The lowest BCUT2D eigenvalue weighted by Gasteiger charge is -2.13. The molecule has 2 aromatic rings. The van der Waals surface area contributed by atoms with Gasteiger partial charge in [0, 0.05) is 12.3 Å². The first kappa shape index (κ1) is 10.7. The number of rotatable bonds is 2. The molecule has 2 heterocycles. The molecule has 0 bridgehead atoms. The minimum absolute atomic E-state index is 0.0197. The summed E-state index contributed by atoms with van der Waals surface area (Å²) in [6.07, 6.45) is 1.84. The van der Waals surface area contributed by atoms with Gasteiger partial charge in [-0.15, -0.1) is 0 Å². The van der Waals surface area contributed by atoms with E-state index in [0.717, 1.165) is 5.52 Å². The predicted molar refractivity (Wildman–Crippen MR) is 64.2 cm³/mol. The normalized spacial score (nSPS) is 11.0. The van der Waals surface area contributed by atoms with Crippen LogP contribution in [0.5, 0.6) is 5.75 Å². The third-order valence-corrected chi connectivity index (χ3v) is 2.44. The van der Waals surface area contributed by atoms with Crippen molar-refractivity contribution in [3.63, 3.8) is 0 Å². The molecule has 16 heavy (non-hydrogen) atoms. The lowest BCUT2D eigenvalue weighted by molar-refractivity contribution is 0.240. The molecular weight excluding hydrogens is 202 g/mol. The zero-order valence-corrected chi connectivity index (χ0v) is 9.73. The van der Waals surface area contributed by atoms with Crippen molar-refractivity contribution < 1.29 is 4.74 Å². The van der Waals surface area contributed by atoms with E-state index in [0.29, 0.717) is 11.3 Å². The van der Waals surface area contributed by atoms with Crippen molar-refractivity contribution in [2.75, 3.05) is 0 Å². The summed E-state index contributed by atoms with van der Waals surface area (Å²) in [5.74, 6) is 0.672. The van der Waals surface area contributed by atoms with Crippen LogP contribution in [0.25, 0.3) is 5.52 Å². The third-order valence-electron chi connectivity index (χ3n) is 2.44. The van der Waals surface area contributed by atoms with Crippen LogP contribution in [0.4, 0.5) is 0 Å². The monoisotopic (exact) mass is 217 g/mol. The van der Waals surface area contributed by atoms with Gasteiger partial charge >= 0.3 is 0 Å². The Kier molecular flexibility index (Phi) is 2.69. The molecule has 0 saturated carbocycles.